The van der Waals surface area contributed by atoms with Crippen LogP contribution in [-0.4, -0.2) is 34.1 Å². The van der Waals surface area contributed by atoms with Gasteiger partial charge in [-0.1, -0.05) is 77.8 Å². The Hall–Kier alpha value is -3.35. The Labute approximate surface area is 219 Å². The summed E-state index contributed by atoms with van der Waals surface area (Å²) in [5, 5.41) is 24.2. The Morgan fingerprint density at radius 2 is 1.64 bits per heavy atom. The smallest absolute Gasteiger partial charge is 0.307 e. The molecule has 0 saturated carbocycles. The van der Waals surface area contributed by atoms with E-state index in [1.807, 2.05) is 61.5 Å². The summed E-state index contributed by atoms with van der Waals surface area (Å²) in [6, 6.07) is 19.2. The molecule has 3 aromatic carbocycles. The first-order chi connectivity index (χ1) is 17.1. The third-order valence-electron chi connectivity index (χ3n) is 6.00. The molecular weight excluding hydrogens is 501 g/mol. The van der Waals surface area contributed by atoms with Crippen LogP contribution >= 0.6 is 23.2 Å². The molecule has 0 heterocycles. The van der Waals surface area contributed by atoms with E-state index in [4.69, 9.17) is 28.3 Å². The molecule has 6 nitrogen and oxygen atoms in total. The number of halogens is 2. The Morgan fingerprint density at radius 1 is 0.917 bits per heavy atom. The molecular formula is C28H27Cl2NO5. The van der Waals surface area contributed by atoms with Gasteiger partial charge in [0.05, 0.1) is 22.4 Å². The molecule has 0 radical (unpaired) electrons. The van der Waals surface area contributed by atoms with Crippen LogP contribution in [0.5, 0.6) is 0 Å². The summed E-state index contributed by atoms with van der Waals surface area (Å²) in [7, 11) is 0. The van der Waals surface area contributed by atoms with Crippen LogP contribution < -0.4 is 5.32 Å². The second kappa shape index (κ2) is 12.6. The predicted octanol–water partition coefficient (Wildman–Crippen LogP) is 6.09. The number of carboxylic acid groups (broad SMARTS) is 2. The van der Waals surface area contributed by atoms with Gasteiger partial charge in [0, 0.05) is 18.4 Å². The van der Waals surface area contributed by atoms with Gasteiger partial charge in [-0.25, -0.2) is 0 Å². The van der Waals surface area contributed by atoms with Gasteiger partial charge in [-0.2, -0.15) is 0 Å². The topological polar surface area (TPSA) is 104 Å². The minimum atomic E-state index is -1.32. The molecule has 0 aromatic heterocycles. The van der Waals surface area contributed by atoms with Crippen LogP contribution in [0.2, 0.25) is 10.0 Å². The molecule has 0 fully saturated rings. The largest absolute Gasteiger partial charge is 0.481 e. The summed E-state index contributed by atoms with van der Waals surface area (Å²) >= 11 is 12.2. The average Bonchev–Trinajstić information content (AvgIpc) is 2.82. The second-order valence-corrected chi connectivity index (χ2v) is 9.59. The number of amides is 1. The van der Waals surface area contributed by atoms with Gasteiger partial charge >= 0.3 is 11.9 Å². The van der Waals surface area contributed by atoms with Crippen molar-refractivity contribution in [2.45, 2.75) is 32.2 Å². The zero-order chi connectivity index (χ0) is 26.2. The van der Waals surface area contributed by atoms with E-state index in [2.05, 4.69) is 11.4 Å². The fourth-order valence-corrected chi connectivity index (χ4v) is 4.32. The summed E-state index contributed by atoms with van der Waals surface area (Å²) < 4.78 is 0. The van der Waals surface area contributed by atoms with Crippen LogP contribution in [-0.2, 0) is 20.8 Å². The molecule has 0 spiro atoms. The van der Waals surface area contributed by atoms with Crippen molar-refractivity contribution >= 4 is 57.9 Å². The van der Waals surface area contributed by atoms with Crippen molar-refractivity contribution in [2.24, 2.45) is 11.8 Å². The van der Waals surface area contributed by atoms with Crippen molar-refractivity contribution in [2.75, 3.05) is 0 Å². The highest BCUT2D eigenvalue weighted by molar-refractivity contribution is 6.42. The maximum absolute atomic E-state index is 12.6. The van der Waals surface area contributed by atoms with Gasteiger partial charge in [0.1, 0.15) is 0 Å². The van der Waals surface area contributed by atoms with Gasteiger partial charge in [-0.3, -0.25) is 14.4 Å². The Bertz CT molecular complexity index is 1290. The number of carbonyl (C=O) groups is 3. The van der Waals surface area contributed by atoms with Crippen LogP contribution in [0.25, 0.3) is 16.8 Å². The zero-order valence-corrected chi connectivity index (χ0v) is 21.2. The highest BCUT2D eigenvalue weighted by atomic mass is 35.5. The van der Waals surface area contributed by atoms with Crippen molar-refractivity contribution in [1.82, 2.24) is 5.32 Å². The van der Waals surface area contributed by atoms with E-state index in [1.165, 1.54) is 0 Å². The van der Waals surface area contributed by atoms with Crippen molar-refractivity contribution in [1.29, 1.82) is 0 Å². The standard InChI is InChI=1S/C28H27Cl2NO5/c1-17(31-26(32)15-23(28(35)36)16-27(33)34)21(13-19-8-11-24(29)25(30)14-19)10-7-18-6-9-20-4-2-3-5-22(20)12-18/h2-12,14,17,21,23H,13,15-16H2,1H3,(H,31,32)(H,33,34)(H,35,36)/b10-7+. The molecule has 36 heavy (non-hydrogen) atoms. The van der Waals surface area contributed by atoms with E-state index in [0.29, 0.717) is 16.5 Å². The van der Waals surface area contributed by atoms with E-state index in [1.54, 1.807) is 12.1 Å². The number of aliphatic carboxylic acids is 2. The van der Waals surface area contributed by atoms with Crippen molar-refractivity contribution in [3.63, 3.8) is 0 Å². The lowest BCUT2D eigenvalue weighted by molar-refractivity contribution is -0.149. The molecule has 188 valence electrons. The van der Waals surface area contributed by atoms with Crippen LogP contribution in [0.1, 0.15) is 30.9 Å². The van der Waals surface area contributed by atoms with Crippen molar-refractivity contribution in [3.8, 4) is 0 Å². The number of nitrogens with one attached hydrogen (secondary N) is 1. The van der Waals surface area contributed by atoms with Gasteiger partial charge in [-0.05, 0) is 53.4 Å². The number of hydrogen-bond acceptors (Lipinski definition) is 3. The number of carboxylic acids is 2. The molecule has 8 heteroatoms. The van der Waals surface area contributed by atoms with Gasteiger partial charge in [0.15, 0.2) is 0 Å². The van der Waals surface area contributed by atoms with E-state index in [9.17, 15) is 19.5 Å². The summed E-state index contributed by atoms with van der Waals surface area (Å²) in [4.78, 5) is 34.9. The lowest BCUT2D eigenvalue weighted by Crippen LogP contribution is -2.40. The normalized spacial score (nSPS) is 13.9. The maximum Gasteiger partial charge on any atom is 0.307 e. The van der Waals surface area contributed by atoms with Gasteiger partial charge in [0.25, 0.3) is 0 Å². The Kier molecular flexibility index (Phi) is 9.51. The van der Waals surface area contributed by atoms with Crippen LogP contribution in [0.15, 0.2) is 66.7 Å². The molecule has 0 aliphatic heterocycles. The molecule has 1 amide bonds. The molecule has 3 unspecified atom stereocenters. The highest BCUT2D eigenvalue weighted by Gasteiger charge is 2.26. The molecule has 0 aliphatic rings. The predicted molar refractivity (Wildman–Crippen MR) is 142 cm³/mol. The Balaban J connectivity index is 1.80. The molecule has 0 saturated heterocycles. The molecule has 3 aromatic rings. The van der Waals surface area contributed by atoms with Crippen molar-refractivity contribution < 1.29 is 24.6 Å². The first-order valence-corrected chi connectivity index (χ1v) is 12.2. The third kappa shape index (κ3) is 7.83. The zero-order valence-electron chi connectivity index (χ0n) is 19.7. The van der Waals surface area contributed by atoms with E-state index < -0.39 is 36.6 Å². The lowest BCUT2D eigenvalue weighted by Gasteiger charge is -2.23. The SMILES string of the molecule is CC(NC(=O)CC(CC(=O)O)C(=O)O)C(/C=C/c1ccc2ccccc2c1)Cc1ccc(Cl)c(Cl)c1. The van der Waals surface area contributed by atoms with Crippen LogP contribution in [0, 0.1) is 11.8 Å². The van der Waals surface area contributed by atoms with Crippen molar-refractivity contribution in [3.05, 3.63) is 87.9 Å². The monoisotopic (exact) mass is 527 g/mol. The summed E-state index contributed by atoms with van der Waals surface area (Å²) in [5.74, 6) is -4.56. The highest BCUT2D eigenvalue weighted by Crippen LogP contribution is 2.26. The van der Waals surface area contributed by atoms with Crippen LogP contribution in [0.4, 0.5) is 0 Å². The summed E-state index contributed by atoms with van der Waals surface area (Å²) in [6.07, 6.45) is 3.50. The number of rotatable bonds is 11. The minimum Gasteiger partial charge on any atom is -0.481 e. The molecule has 0 aliphatic carbocycles. The Morgan fingerprint density at radius 3 is 2.31 bits per heavy atom. The van der Waals surface area contributed by atoms with Gasteiger partial charge < -0.3 is 15.5 Å². The maximum atomic E-state index is 12.6. The average molecular weight is 528 g/mol. The van der Waals surface area contributed by atoms with Gasteiger partial charge in [0.2, 0.25) is 5.91 Å². The fraction of sp³-hybridized carbons (Fsp3) is 0.250. The van der Waals surface area contributed by atoms with Gasteiger partial charge in [-0.15, -0.1) is 0 Å². The summed E-state index contributed by atoms with van der Waals surface area (Å²) in [5.41, 5.74) is 1.92. The number of benzene rings is 3. The number of hydrogen-bond donors (Lipinski definition) is 3. The molecule has 0 bridgehead atoms. The van der Waals surface area contributed by atoms with E-state index in [0.717, 1.165) is 21.9 Å². The molecule has 3 rings (SSSR count). The second-order valence-electron chi connectivity index (χ2n) is 8.78. The fourth-order valence-electron chi connectivity index (χ4n) is 4.00. The molecule has 3 atom stereocenters. The quantitative estimate of drug-likeness (QED) is 0.280. The van der Waals surface area contributed by atoms with E-state index in [-0.39, 0.29) is 12.0 Å². The first-order valence-electron chi connectivity index (χ1n) is 11.5. The summed E-state index contributed by atoms with van der Waals surface area (Å²) in [6.45, 7) is 1.83. The molecule has 3 N–H and O–H groups in total. The number of carbonyl (C=O) groups excluding carboxylic acids is 1. The third-order valence-corrected chi connectivity index (χ3v) is 6.74. The number of fused-ring (bicyclic) bond motifs is 1. The lowest BCUT2D eigenvalue weighted by atomic mass is 9.91. The van der Waals surface area contributed by atoms with E-state index >= 15 is 0 Å². The van der Waals surface area contributed by atoms with Crippen LogP contribution in [0.3, 0.4) is 0 Å². The first kappa shape index (κ1) is 27.2. The minimum absolute atomic E-state index is 0.166.